The van der Waals surface area contributed by atoms with Crippen LogP contribution in [0.3, 0.4) is 0 Å². The summed E-state index contributed by atoms with van der Waals surface area (Å²) in [6.07, 6.45) is 6.48. The van der Waals surface area contributed by atoms with Gasteiger partial charge in [0.2, 0.25) is 5.91 Å². The number of carbonyl (C=O) groups excluding carboxylic acids is 3. The van der Waals surface area contributed by atoms with Gasteiger partial charge < -0.3 is 15.4 Å². The lowest BCUT2D eigenvalue weighted by molar-refractivity contribution is -0.131. The Hall–Kier alpha value is -3.15. The molecule has 30 heavy (non-hydrogen) atoms. The lowest BCUT2D eigenvalue weighted by Gasteiger charge is -2.21. The number of carbonyl (C=O) groups is 3. The molecule has 1 saturated carbocycles. The van der Waals surface area contributed by atoms with Gasteiger partial charge >= 0.3 is 5.97 Å². The Labute approximate surface area is 177 Å². The molecule has 0 saturated heterocycles. The molecule has 3 rings (SSSR count). The molecule has 6 nitrogen and oxygen atoms in total. The van der Waals surface area contributed by atoms with Crippen LogP contribution in [0.5, 0.6) is 5.75 Å². The van der Waals surface area contributed by atoms with Gasteiger partial charge in [-0.25, -0.2) is 0 Å². The largest absolute Gasteiger partial charge is 0.427 e. The van der Waals surface area contributed by atoms with Gasteiger partial charge in [0.1, 0.15) is 5.75 Å². The number of anilines is 2. The summed E-state index contributed by atoms with van der Waals surface area (Å²) >= 11 is 0. The van der Waals surface area contributed by atoms with E-state index in [0.29, 0.717) is 35.0 Å². The van der Waals surface area contributed by atoms with Gasteiger partial charge in [-0.3, -0.25) is 14.4 Å². The maximum Gasteiger partial charge on any atom is 0.308 e. The van der Waals surface area contributed by atoms with Crippen LogP contribution >= 0.6 is 0 Å². The highest BCUT2D eigenvalue weighted by atomic mass is 16.5. The first kappa shape index (κ1) is 21.6. The summed E-state index contributed by atoms with van der Waals surface area (Å²) in [4.78, 5) is 36.0. The van der Waals surface area contributed by atoms with Crippen LogP contribution in [0, 0.1) is 12.8 Å². The van der Waals surface area contributed by atoms with Crippen molar-refractivity contribution >= 4 is 29.2 Å². The van der Waals surface area contributed by atoms with Gasteiger partial charge in [0.15, 0.2) is 0 Å². The Morgan fingerprint density at radius 2 is 1.67 bits per heavy atom. The SMILES string of the molecule is CC(=O)Oc1ccc(C(=O)Nc2cc(NC(=O)CC3CCCCC3)ccc2C)cc1. The van der Waals surface area contributed by atoms with Gasteiger partial charge in [-0.2, -0.15) is 0 Å². The lowest BCUT2D eigenvalue weighted by atomic mass is 9.87. The molecule has 2 N–H and O–H groups in total. The fourth-order valence-electron chi connectivity index (χ4n) is 3.73. The van der Waals surface area contributed by atoms with E-state index in [-0.39, 0.29) is 11.8 Å². The number of benzene rings is 2. The van der Waals surface area contributed by atoms with Crippen molar-refractivity contribution in [3.05, 3.63) is 53.6 Å². The van der Waals surface area contributed by atoms with Crippen molar-refractivity contribution in [3.63, 3.8) is 0 Å². The molecule has 0 radical (unpaired) electrons. The van der Waals surface area contributed by atoms with Gasteiger partial charge in [-0.05, 0) is 67.6 Å². The van der Waals surface area contributed by atoms with Crippen molar-refractivity contribution in [1.82, 2.24) is 0 Å². The standard InChI is InChI=1S/C24H28N2O4/c1-16-8-11-20(25-23(28)14-18-6-4-3-5-7-18)15-22(16)26-24(29)19-9-12-21(13-10-19)30-17(2)27/h8-13,15,18H,3-7,14H2,1-2H3,(H,25,28)(H,26,29). The second kappa shape index (κ2) is 10.1. The third kappa shape index (κ3) is 6.17. The Morgan fingerprint density at radius 3 is 2.33 bits per heavy atom. The number of nitrogens with one attached hydrogen (secondary N) is 2. The van der Waals surface area contributed by atoms with Crippen LogP contribution in [-0.4, -0.2) is 17.8 Å². The Balaban J connectivity index is 1.62. The van der Waals surface area contributed by atoms with Crippen molar-refractivity contribution in [1.29, 1.82) is 0 Å². The molecule has 0 bridgehead atoms. The van der Waals surface area contributed by atoms with E-state index < -0.39 is 5.97 Å². The second-order valence-corrected chi connectivity index (χ2v) is 7.86. The Bertz CT molecular complexity index is 915. The molecule has 0 aromatic heterocycles. The number of hydrogen-bond donors (Lipinski definition) is 2. The molecular formula is C24H28N2O4. The number of esters is 1. The van der Waals surface area contributed by atoms with Gasteiger partial charge in [0.25, 0.3) is 5.91 Å². The Kier molecular flexibility index (Phi) is 7.22. The maximum absolute atomic E-state index is 12.6. The highest BCUT2D eigenvalue weighted by molar-refractivity contribution is 6.05. The van der Waals surface area contributed by atoms with E-state index in [2.05, 4.69) is 10.6 Å². The van der Waals surface area contributed by atoms with E-state index in [9.17, 15) is 14.4 Å². The van der Waals surface area contributed by atoms with Crippen molar-refractivity contribution in [2.45, 2.75) is 52.4 Å². The topological polar surface area (TPSA) is 84.5 Å². The monoisotopic (exact) mass is 408 g/mol. The average Bonchev–Trinajstić information content (AvgIpc) is 2.71. The molecule has 0 atom stereocenters. The van der Waals surface area contributed by atoms with Crippen LogP contribution in [0.2, 0.25) is 0 Å². The lowest BCUT2D eigenvalue weighted by Crippen LogP contribution is -2.18. The molecule has 0 unspecified atom stereocenters. The smallest absolute Gasteiger partial charge is 0.308 e. The summed E-state index contributed by atoms with van der Waals surface area (Å²) in [5.41, 5.74) is 2.64. The van der Waals surface area contributed by atoms with Crippen LogP contribution in [0.1, 0.15) is 61.4 Å². The van der Waals surface area contributed by atoms with E-state index in [4.69, 9.17) is 4.74 Å². The predicted octanol–water partition coefficient (Wildman–Crippen LogP) is 5.08. The molecule has 0 heterocycles. The molecule has 0 aliphatic heterocycles. The Morgan fingerprint density at radius 1 is 0.967 bits per heavy atom. The zero-order chi connectivity index (χ0) is 21.5. The highest BCUT2D eigenvalue weighted by Gasteiger charge is 2.17. The number of amides is 2. The van der Waals surface area contributed by atoms with Crippen LogP contribution in [0.4, 0.5) is 11.4 Å². The molecule has 1 aliphatic rings. The molecule has 0 spiro atoms. The first-order valence-electron chi connectivity index (χ1n) is 10.4. The van der Waals surface area contributed by atoms with Crippen molar-refractivity contribution in [2.24, 2.45) is 5.92 Å². The normalized spacial score (nSPS) is 14.1. The van der Waals surface area contributed by atoms with Gasteiger partial charge in [-0.1, -0.05) is 25.3 Å². The van der Waals surface area contributed by atoms with E-state index >= 15 is 0 Å². The number of ether oxygens (including phenoxy) is 1. The third-order valence-corrected chi connectivity index (χ3v) is 5.35. The summed E-state index contributed by atoms with van der Waals surface area (Å²) in [5, 5.41) is 5.84. The van der Waals surface area contributed by atoms with Gasteiger partial charge in [0, 0.05) is 30.3 Å². The van der Waals surface area contributed by atoms with Crippen LogP contribution < -0.4 is 15.4 Å². The fraction of sp³-hybridized carbons (Fsp3) is 0.375. The summed E-state index contributed by atoms with van der Waals surface area (Å²) in [7, 11) is 0. The number of rotatable bonds is 6. The first-order chi connectivity index (χ1) is 14.4. The van der Waals surface area contributed by atoms with Gasteiger partial charge in [0.05, 0.1) is 0 Å². The van der Waals surface area contributed by atoms with Crippen LogP contribution in [0.25, 0.3) is 0 Å². The highest BCUT2D eigenvalue weighted by Crippen LogP contribution is 2.27. The minimum atomic E-state index is -0.412. The number of hydrogen-bond acceptors (Lipinski definition) is 4. The fourth-order valence-corrected chi connectivity index (χ4v) is 3.73. The predicted molar refractivity (Wildman–Crippen MR) is 117 cm³/mol. The van der Waals surface area contributed by atoms with Crippen LogP contribution in [0.15, 0.2) is 42.5 Å². The minimum Gasteiger partial charge on any atom is -0.427 e. The van der Waals surface area contributed by atoms with Crippen LogP contribution in [-0.2, 0) is 9.59 Å². The quantitative estimate of drug-likeness (QED) is 0.515. The minimum absolute atomic E-state index is 0.0177. The molecule has 1 aliphatic carbocycles. The summed E-state index contributed by atoms with van der Waals surface area (Å²) in [6.45, 7) is 3.22. The molecule has 2 amide bonds. The zero-order valence-electron chi connectivity index (χ0n) is 17.5. The van der Waals surface area contributed by atoms with Gasteiger partial charge in [-0.15, -0.1) is 0 Å². The molecular weight excluding hydrogens is 380 g/mol. The average molecular weight is 408 g/mol. The molecule has 158 valence electrons. The van der Waals surface area contributed by atoms with E-state index in [1.165, 1.54) is 26.2 Å². The summed E-state index contributed by atoms with van der Waals surface area (Å²) in [5.74, 6) is 0.184. The zero-order valence-corrected chi connectivity index (χ0v) is 17.5. The molecule has 2 aromatic carbocycles. The van der Waals surface area contributed by atoms with Crippen molar-refractivity contribution in [2.75, 3.05) is 10.6 Å². The van der Waals surface area contributed by atoms with E-state index in [0.717, 1.165) is 18.4 Å². The first-order valence-corrected chi connectivity index (χ1v) is 10.4. The summed E-state index contributed by atoms with van der Waals surface area (Å²) in [6, 6.07) is 11.8. The maximum atomic E-state index is 12.6. The molecule has 6 heteroatoms. The van der Waals surface area contributed by atoms with E-state index in [1.807, 2.05) is 19.1 Å². The number of aryl methyl sites for hydroxylation is 1. The molecule has 2 aromatic rings. The van der Waals surface area contributed by atoms with Crippen molar-refractivity contribution in [3.8, 4) is 5.75 Å². The summed E-state index contributed by atoms with van der Waals surface area (Å²) < 4.78 is 4.98. The third-order valence-electron chi connectivity index (χ3n) is 5.35. The van der Waals surface area contributed by atoms with Crippen molar-refractivity contribution < 1.29 is 19.1 Å². The van der Waals surface area contributed by atoms with E-state index in [1.54, 1.807) is 30.3 Å². The molecule has 1 fully saturated rings. The second-order valence-electron chi connectivity index (χ2n) is 7.86.